The Bertz CT molecular complexity index is 464. The van der Waals surface area contributed by atoms with Gasteiger partial charge in [-0.1, -0.05) is 6.92 Å². The standard InChI is InChI=1S/C16H22F2N2/c1-2-7-19-12-9-13-4-5-14(10-12)20(13)16-6-3-11(17)8-15(16)18/h3,6,8,12-14,19H,2,4-5,7,9-10H2,1H3. The number of nitrogens with one attached hydrogen (secondary N) is 1. The fourth-order valence-electron chi connectivity index (χ4n) is 3.78. The van der Waals surface area contributed by atoms with E-state index >= 15 is 0 Å². The van der Waals surface area contributed by atoms with Gasteiger partial charge in [-0.3, -0.25) is 0 Å². The predicted molar refractivity (Wildman–Crippen MR) is 77.0 cm³/mol. The lowest BCUT2D eigenvalue weighted by atomic mass is 9.96. The van der Waals surface area contributed by atoms with E-state index in [-0.39, 0.29) is 0 Å². The summed E-state index contributed by atoms with van der Waals surface area (Å²) in [6.45, 7) is 3.22. The number of benzene rings is 1. The Morgan fingerprint density at radius 3 is 2.50 bits per heavy atom. The Morgan fingerprint density at radius 1 is 1.20 bits per heavy atom. The van der Waals surface area contributed by atoms with E-state index in [1.54, 1.807) is 6.07 Å². The number of hydrogen-bond acceptors (Lipinski definition) is 2. The van der Waals surface area contributed by atoms with Crippen molar-refractivity contribution in [3.05, 3.63) is 29.8 Å². The van der Waals surface area contributed by atoms with Crippen molar-refractivity contribution in [1.29, 1.82) is 0 Å². The second kappa shape index (κ2) is 5.68. The summed E-state index contributed by atoms with van der Waals surface area (Å²) in [7, 11) is 0. The quantitative estimate of drug-likeness (QED) is 0.908. The molecule has 2 nitrogen and oxygen atoms in total. The van der Waals surface area contributed by atoms with E-state index in [0.717, 1.165) is 44.7 Å². The van der Waals surface area contributed by atoms with Gasteiger partial charge in [0.15, 0.2) is 0 Å². The van der Waals surface area contributed by atoms with Crippen LogP contribution in [0, 0.1) is 11.6 Å². The minimum Gasteiger partial charge on any atom is -0.363 e. The molecule has 0 aromatic heterocycles. The normalized spacial score (nSPS) is 28.9. The molecule has 0 spiro atoms. The number of hydrogen-bond donors (Lipinski definition) is 1. The third-order valence-corrected chi connectivity index (χ3v) is 4.60. The first-order valence-electron chi connectivity index (χ1n) is 7.65. The van der Waals surface area contributed by atoms with Crippen LogP contribution in [0.15, 0.2) is 18.2 Å². The third-order valence-electron chi connectivity index (χ3n) is 4.60. The molecule has 3 rings (SSSR count). The van der Waals surface area contributed by atoms with E-state index in [2.05, 4.69) is 17.1 Å². The van der Waals surface area contributed by atoms with Crippen molar-refractivity contribution in [3.8, 4) is 0 Å². The number of anilines is 1. The largest absolute Gasteiger partial charge is 0.363 e. The topological polar surface area (TPSA) is 15.3 Å². The van der Waals surface area contributed by atoms with Crippen LogP contribution in [-0.4, -0.2) is 24.7 Å². The Morgan fingerprint density at radius 2 is 1.90 bits per heavy atom. The van der Waals surface area contributed by atoms with E-state index < -0.39 is 11.6 Å². The summed E-state index contributed by atoms with van der Waals surface area (Å²) in [5.74, 6) is -0.931. The zero-order valence-corrected chi connectivity index (χ0v) is 11.9. The van der Waals surface area contributed by atoms with Crippen molar-refractivity contribution < 1.29 is 8.78 Å². The number of piperidine rings is 1. The van der Waals surface area contributed by atoms with Gasteiger partial charge in [0.25, 0.3) is 0 Å². The molecule has 0 radical (unpaired) electrons. The maximum Gasteiger partial charge on any atom is 0.149 e. The smallest absolute Gasteiger partial charge is 0.149 e. The third kappa shape index (κ3) is 2.53. The van der Waals surface area contributed by atoms with Crippen molar-refractivity contribution in [2.24, 2.45) is 0 Å². The molecule has 2 aliphatic rings. The maximum atomic E-state index is 14.0. The summed E-state index contributed by atoms with van der Waals surface area (Å²) >= 11 is 0. The highest BCUT2D eigenvalue weighted by Crippen LogP contribution is 2.40. The van der Waals surface area contributed by atoms with Gasteiger partial charge in [0.1, 0.15) is 11.6 Å². The molecule has 1 N–H and O–H groups in total. The van der Waals surface area contributed by atoms with Crippen LogP contribution in [0.2, 0.25) is 0 Å². The number of fused-ring (bicyclic) bond motifs is 2. The van der Waals surface area contributed by atoms with Crippen molar-refractivity contribution >= 4 is 5.69 Å². The Hall–Kier alpha value is -1.16. The predicted octanol–water partition coefficient (Wildman–Crippen LogP) is 3.46. The molecular weight excluding hydrogens is 258 g/mol. The van der Waals surface area contributed by atoms with E-state index in [1.807, 2.05) is 0 Å². The molecule has 2 unspecified atom stereocenters. The summed E-state index contributed by atoms with van der Waals surface area (Å²) in [5, 5.41) is 3.59. The summed E-state index contributed by atoms with van der Waals surface area (Å²) in [5.41, 5.74) is 0.577. The van der Waals surface area contributed by atoms with Crippen LogP contribution in [0.25, 0.3) is 0 Å². The van der Waals surface area contributed by atoms with Gasteiger partial charge >= 0.3 is 0 Å². The average Bonchev–Trinajstić information content (AvgIpc) is 2.68. The zero-order valence-electron chi connectivity index (χ0n) is 11.9. The molecule has 1 aromatic rings. The Balaban J connectivity index is 1.76. The molecule has 2 heterocycles. The van der Waals surface area contributed by atoms with Crippen LogP contribution in [-0.2, 0) is 0 Å². The molecule has 2 saturated heterocycles. The van der Waals surface area contributed by atoms with Crippen molar-refractivity contribution in [2.75, 3.05) is 11.4 Å². The van der Waals surface area contributed by atoms with Gasteiger partial charge in [0.05, 0.1) is 5.69 Å². The highest BCUT2D eigenvalue weighted by atomic mass is 19.1. The molecule has 2 fully saturated rings. The average molecular weight is 280 g/mol. The first kappa shape index (κ1) is 13.8. The van der Waals surface area contributed by atoms with E-state index in [9.17, 15) is 8.78 Å². The van der Waals surface area contributed by atoms with E-state index in [1.165, 1.54) is 6.07 Å². The molecule has 1 aromatic carbocycles. The van der Waals surface area contributed by atoms with Crippen molar-refractivity contribution in [1.82, 2.24) is 5.32 Å². The molecule has 2 atom stereocenters. The molecular formula is C16H22F2N2. The maximum absolute atomic E-state index is 14.0. The highest BCUT2D eigenvalue weighted by molar-refractivity contribution is 5.51. The van der Waals surface area contributed by atoms with Crippen LogP contribution in [0.4, 0.5) is 14.5 Å². The molecule has 20 heavy (non-hydrogen) atoms. The van der Waals surface area contributed by atoms with Gasteiger partial charge in [-0.25, -0.2) is 8.78 Å². The minimum absolute atomic E-state index is 0.392. The summed E-state index contributed by atoms with van der Waals surface area (Å²) in [6.07, 6.45) is 5.50. The lowest BCUT2D eigenvalue weighted by Crippen LogP contribution is -2.49. The molecule has 0 saturated carbocycles. The van der Waals surface area contributed by atoms with Crippen LogP contribution >= 0.6 is 0 Å². The number of rotatable bonds is 4. The molecule has 0 amide bonds. The molecule has 2 aliphatic heterocycles. The fraction of sp³-hybridized carbons (Fsp3) is 0.625. The second-order valence-corrected chi connectivity index (χ2v) is 6.01. The lowest BCUT2D eigenvalue weighted by molar-refractivity contribution is 0.354. The fourth-order valence-corrected chi connectivity index (χ4v) is 3.78. The van der Waals surface area contributed by atoms with Gasteiger partial charge in [0.2, 0.25) is 0 Å². The molecule has 4 heteroatoms. The van der Waals surface area contributed by atoms with Crippen LogP contribution in [0.1, 0.15) is 39.0 Å². The summed E-state index contributed by atoms with van der Waals surface area (Å²) in [4.78, 5) is 2.19. The van der Waals surface area contributed by atoms with E-state index in [4.69, 9.17) is 0 Å². The second-order valence-electron chi connectivity index (χ2n) is 6.01. The van der Waals surface area contributed by atoms with Gasteiger partial charge in [-0.2, -0.15) is 0 Å². The summed E-state index contributed by atoms with van der Waals surface area (Å²) in [6, 6.07) is 5.28. The first-order chi connectivity index (χ1) is 9.69. The van der Waals surface area contributed by atoms with Crippen LogP contribution < -0.4 is 10.2 Å². The van der Waals surface area contributed by atoms with E-state index in [0.29, 0.717) is 23.8 Å². The van der Waals surface area contributed by atoms with Crippen LogP contribution in [0.5, 0.6) is 0 Å². The first-order valence-corrected chi connectivity index (χ1v) is 7.65. The zero-order chi connectivity index (χ0) is 14.1. The monoisotopic (exact) mass is 280 g/mol. The van der Waals surface area contributed by atoms with Crippen molar-refractivity contribution in [2.45, 2.75) is 57.2 Å². The van der Waals surface area contributed by atoms with Gasteiger partial charge in [-0.15, -0.1) is 0 Å². The highest BCUT2D eigenvalue weighted by Gasteiger charge is 2.41. The summed E-state index contributed by atoms with van der Waals surface area (Å²) < 4.78 is 27.1. The number of halogens is 2. The minimum atomic E-state index is -0.502. The lowest BCUT2D eigenvalue weighted by Gasteiger charge is -2.41. The number of nitrogens with zero attached hydrogens (tertiary/aromatic N) is 1. The van der Waals surface area contributed by atoms with Crippen molar-refractivity contribution in [3.63, 3.8) is 0 Å². The van der Waals surface area contributed by atoms with Gasteiger partial charge in [-0.05, 0) is 50.8 Å². The molecule has 2 bridgehead atoms. The molecule has 110 valence electrons. The van der Waals surface area contributed by atoms with Gasteiger partial charge in [0, 0.05) is 24.2 Å². The van der Waals surface area contributed by atoms with Gasteiger partial charge < -0.3 is 10.2 Å². The van der Waals surface area contributed by atoms with Crippen LogP contribution in [0.3, 0.4) is 0 Å². The Kier molecular flexibility index (Phi) is 3.92. The SMILES string of the molecule is CCCNC1CC2CCC(C1)N2c1ccc(F)cc1F. The molecule has 0 aliphatic carbocycles. The Labute approximate surface area is 119 Å².